The standard InChI is InChI=1S/C17H15ClF5N5O/c18-15-26-13(25-10-3-1-2-9(6-10)12(19)20)11(7-24)14(27-15)28-5-4-16(29,8-28)17(21,22)23/h1-3,6-7,12,24,29H,4-5,8H2,(H,25,26,27). The van der Waals surface area contributed by atoms with Crippen LogP contribution in [-0.2, 0) is 0 Å². The van der Waals surface area contributed by atoms with Gasteiger partial charge >= 0.3 is 6.18 Å². The first kappa shape index (κ1) is 21.2. The van der Waals surface area contributed by atoms with Crippen LogP contribution >= 0.6 is 11.6 Å². The quantitative estimate of drug-likeness (QED) is 0.370. The fourth-order valence-corrected chi connectivity index (χ4v) is 3.16. The Bertz CT molecular complexity index is 926. The zero-order chi connectivity index (χ0) is 21.4. The third kappa shape index (κ3) is 4.25. The second kappa shape index (κ2) is 7.71. The molecule has 2 heterocycles. The van der Waals surface area contributed by atoms with E-state index in [0.29, 0.717) is 0 Å². The number of nitrogens with one attached hydrogen (secondary N) is 2. The topological polar surface area (TPSA) is 85.1 Å². The summed E-state index contributed by atoms with van der Waals surface area (Å²) >= 11 is 5.90. The first-order valence-electron chi connectivity index (χ1n) is 8.31. The highest BCUT2D eigenvalue weighted by Gasteiger charge is 2.57. The molecule has 156 valence electrons. The Morgan fingerprint density at radius 2 is 2.03 bits per heavy atom. The summed E-state index contributed by atoms with van der Waals surface area (Å²) in [4.78, 5) is 8.99. The molecule has 1 aromatic heterocycles. The molecular weight excluding hydrogens is 421 g/mol. The van der Waals surface area contributed by atoms with Gasteiger partial charge in [-0.25, -0.2) is 8.78 Å². The van der Waals surface area contributed by atoms with Crippen LogP contribution in [0.2, 0.25) is 5.28 Å². The molecule has 3 N–H and O–H groups in total. The second-order valence-electron chi connectivity index (χ2n) is 6.47. The zero-order valence-electron chi connectivity index (χ0n) is 14.6. The van der Waals surface area contributed by atoms with Gasteiger partial charge in [0.15, 0.2) is 5.60 Å². The van der Waals surface area contributed by atoms with Crippen molar-refractivity contribution in [2.24, 2.45) is 0 Å². The Kier molecular flexibility index (Phi) is 5.63. The Balaban J connectivity index is 1.96. The maximum absolute atomic E-state index is 13.1. The van der Waals surface area contributed by atoms with Crippen molar-refractivity contribution in [3.05, 3.63) is 40.7 Å². The van der Waals surface area contributed by atoms with Gasteiger partial charge in [0.2, 0.25) is 5.28 Å². The van der Waals surface area contributed by atoms with Crippen molar-refractivity contribution in [3.8, 4) is 0 Å². The van der Waals surface area contributed by atoms with Crippen molar-refractivity contribution in [2.45, 2.75) is 24.6 Å². The molecule has 1 saturated heterocycles. The summed E-state index contributed by atoms with van der Waals surface area (Å²) in [7, 11) is 0. The van der Waals surface area contributed by atoms with Crippen molar-refractivity contribution < 1.29 is 27.1 Å². The normalized spacial score (nSPS) is 19.7. The molecule has 1 atom stereocenters. The van der Waals surface area contributed by atoms with Crippen LogP contribution in [0.25, 0.3) is 0 Å². The summed E-state index contributed by atoms with van der Waals surface area (Å²) in [6.07, 6.45) is -7.29. The number of aliphatic hydroxyl groups is 1. The minimum Gasteiger partial charge on any atom is -0.379 e. The fraction of sp³-hybridized carbons (Fsp3) is 0.353. The number of anilines is 3. The Hall–Kier alpha value is -2.53. The highest BCUT2D eigenvalue weighted by molar-refractivity contribution is 6.28. The predicted molar refractivity (Wildman–Crippen MR) is 97.4 cm³/mol. The summed E-state index contributed by atoms with van der Waals surface area (Å²) in [5.41, 5.74) is -2.94. The molecule has 0 amide bonds. The van der Waals surface area contributed by atoms with E-state index >= 15 is 0 Å². The lowest BCUT2D eigenvalue weighted by Gasteiger charge is -2.27. The summed E-state index contributed by atoms with van der Waals surface area (Å²) in [6.45, 7) is -0.963. The molecule has 2 aromatic rings. The lowest BCUT2D eigenvalue weighted by atomic mass is 10.0. The third-order valence-corrected chi connectivity index (χ3v) is 4.69. The van der Waals surface area contributed by atoms with E-state index in [1.807, 2.05) is 0 Å². The molecule has 0 radical (unpaired) electrons. The average Bonchev–Trinajstić information content (AvgIpc) is 3.05. The number of hydrogen-bond donors (Lipinski definition) is 3. The lowest BCUT2D eigenvalue weighted by Crippen LogP contribution is -2.47. The molecule has 29 heavy (non-hydrogen) atoms. The van der Waals surface area contributed by atoms with Crippen LogP contribution in [0, 0.1) is 5.41 Å². The van der Waals surface area contributed by atoms with Gasteiger partial charge in [-0.1, -0.05) is 12.1 Å². The average molecular weight is 436 g/mol. The molecule has 0 aliphatic carbocycles. The van der Waals surface area contributed by atoms with Gasteiger partial charge in [-0.05, 0) is 23.7 Å². The number of hydrogen-bond acceptors (Lipinski definition) is 6. The number of rotatable bonds is 5. The van der Waals surface area contributed by atoms with Crippen molar-refractivity contribution in [1.82, 2.24) is 9.97 Å². The van der Waals surface area contributed by atoms with E-state index in [9.17, 15) is 27.1 Å². The van der Waals surface area contributed by atoms with Gasteiger partial charge in [-0.2, -0.15) is 23.1 Å². The predicted octanol–water partition coefficient (Wildman–Crippen LogP) is 4.31. The first-order valence-corrected chi connectivity index (χ1v) is 8.69. The fourth-order valence-electron chi connectivity index (χ4n) is 3.00. The van der Waals surface area contributed by atoms with E-state index in [-0.39, 0.29) is 40.3 Å². The summed E-state index contributed by atoms with van der Waals surface area (Å²) in [6, 6.07) is 5.27. The molecule has 1 aliphatic rings. The molecule has 1 fully saturated rings. The SMILES string of the molecule is N=Cc1c(Nc2cccc(C(F)F)c2)nc(Cl)nc1N1CCC(O)(C(F)(F)F)C1. The van der Waals surface area contributed by atoms with E-state index in [4.69, 9.17) is 17.0 Å². The van der Waals surface area contributed by atoms with Gasteiger partial charge in [-0.3, -0.25) is 0 Å². The molecule has 1 aromatic carbocycles. The monoisotopic (exact) mass is 435 g/mol. The highest BCUT2D eigenvalue weighted by atomic mass is 35.5. The zero-order valence-corrected chi connectivity index (χ0v) is 15.4. The van der Waals surface area contributed by atoms with E-state index in [0.717, 1.165) is 11.1 Å². The Labute approximate surface area is 166 Å². The number of halogens is 6. The van der Waals surface area contributed by atoms with Crippen LogP contribution in [0.5, 0.6) is 0 Å². The number of aromatic nitrogens is 2. The van der Waals surface area contributed by atoms with Gasteiger partial charge in [0.05, 0.1) is 12.1 Å². The summed E-state index contributed by atoms with van der Waals surface area (Å²) < 4.78 is 65.1. The largest absolute Gasteiger partial charge is 0.418 e. The number of alkyl halides is 5. The molecule has 6 nitrogen and oxygen atoms in total. The van der Waals surface area contributed by atoms with Crippen LogP contribution in [0.4, 0.5) is 39.3 Å². The number of β-amino-alcohol motifs (C(OH)–C–C–N with tert-alkyl or cyclic N) is 1. The molecule has 0 spiro atoms. The van der Waals surface area contributed by atoms with Gasteiger partial charge in [0.1, 0.15) is 11.6 Å². The van der Waals surface area contributed by atoms with E-state index in [2.05, 4.69) is 15.3 Å². The van der Waals surface area contributed by atoms with E-state index in [1.165, 1.54) is 24.3 Å². The number of nitrogens with zero attached hydrogens (tertiary/aromatic N) is 3. The maximum Gasteiger partial charge on any atom is 0.418 e. The van der Waals surface area contributed by atoms with E-state index < -0.39 is 31.2 Å². The van der Waals surface area contributed by atoms with Gasteiger partial charge in [0, 0.05) is 30.4 Å². The maximum atomic E-state index is 13.1. The van der Waals surface area contributed by atoms with Gasteiger partial charge < -0.3 is 20.7 Å². The van der Waals surface area contributed by atoms with Crippen LogP contribution < -0.4 is 10.2 Å². The van der Waals surface area contributed by atoms with Crippen LogP contribution in [-0.4, -0.2) is 46.2 Å². The third-order valence-electron chi connectivity index (χ3n) is 4.52. The minimum atomic E-state index is -4.83. The Morgan fingerprint density at radius 1 is 1.31 bits per heavy atom. The smallest absolute Gasteiger partial charge is 0.379 e. The van der Waals surface area contributed by atoms with Gasteiger partial charge in [0.25, 0.3) is 6.43 Å². The molecular formula is C17H15ClF5N5O. The molecule has 3 rings (SSSR count). The van der Waals surface area contributed by atoms with Crippen molar-refractivity contribution in [2.75, 3.05) is 23.3 Å². The first-order chi connectivity index (χ1) is 13.5. The molecule has 0 saturated carbocycles. The second-order valence-corrected chi connectivity index (χ2v) is 6.81. The van der Waals surface area contributed by atoms with Crippen molar-refractivity contribution in [1.29, 1.82) is 5.41 Å². The molecule has 1 unspecified atom stereocenters. The van der Waals surface area contributed by atoms with Crippen LogP contribution in [0.15, 0.2) is 24.3 Å². The molecule has 12 heteroatoms. The lowest BCUT2D eigenvalue weighted by molar-refractivity contribution is -0.250. The molecule has 1 aliphatic heterocycles. The number of benzene rings is 1. The molecule has 0 bridgehead atoms. The van der Waals surface area contributed by atoms with Crippen molar-refractivity contribution >= 4 is 35.1 Å². The minimum absolute atomic E-state index is 0.00303. The summed E-state index contributed by atoms with van der Waals surface area (Å²) in [5.74, 6) is -0.114. The van der Waals surface area contributed by atoms with Crippen LogP contribution in [0.1, 0.15) is 24.0 Å². The Morgan fingerprint density at radius 3 is 2.62 bits per heavy atom. The summed E-state index contributed by atoms with van der Waals surface area (Å²) in [5, 5.41) is 20.0. The van der Waals surface area contributed by atoms with E-state index in [1.54, 1.807) is 0 Å². The van der Waals surface area contributed by atoms with Gasteiger partial charge in [-0.15, -0.1) is 0 Å². The van der Waals surface area contributed by atoms with Crippen molar-refractivity contribution in [3.63, 3.8) is 0 Å². The van der Waals surface area contributed by atoms with Crippen LogP contribution in [0.3, 0.4) is 0 Å². The highest BCUT2D eigenvalue weighted by Crippen LogP contribution is 2.40.